The Kier molecular flexibility index (Phi) is 3.56. The highest BCUT2D eigenvalue weighted by molar-refractivity contribution is 5.92. The Morgan fingerprint density at radius 1 is 1.24 bits per heavy atom. The van der Waals surface area contributed by atoms with Crippen LogP contribution in [0.25, 0.3) is 0 Å². The minimum Gasteiger partial charge on any atom is -0.318 e. The van der Waals surface area contributed by atoms with E-state index in [1.54, 1.807) is 0 Å². The summed E-state index contributed by atoms with van der Waals surface area (Å²) in [5.41, 5.74) is 2.29. The maximum absolute atomic E-state index is 12.8. The number of amides is 1. The van der Waals surface area contributed by atoms with Crippen LogP contribution in [0, 0.1) is 5.92 Å². The molecule has 1 amide bonds. The van der Waals surface area contributed by atoms with Gasteiger partial charge in [0.05, 0.1) is 0 Å². The molecule has 1 N–H and O–H groups in total. The van der Waals surface area contributed by atoms with Gasteiger partial charge in [-0.2, -0.15) is 0 Å². The summed E-state index contributed by atoms with van der Waals surface area (Å²) in [7, 11) is 0. The molecule has 2 unspecified atom stereocenters. The van der Waals surface area contributed by atoms with Gasteiger partial charge < -0.3 is 4.90 Å². The van der Waals surface area contributed by atoms with Gasteiger partial charge in [0.15, 0.2) is 0 Å². The number of aryl methyl sites for hydroxylation is 1. The molecular formula is C18H26N2O. The Morgan fingerprint density at radius 3 is 2.33 bits per heavy atom. The van der Waals surface area contributed by atoms with Gasteiger partial charge >= 0.3 is 0 Å². The van der Waals surface area contributed by atoms with Crippen molar-refractivity contribution in [2.24, 2.45) is 5.92 Å². The lowest BCUT2D eigenvalue weighted by Gasteiger charge is -2.33. The van der Waals surface area contributed by atoms with Gasteiger partial charge in [-0.15, -0.1) is 0 Å². The largest absolute Gasteiger partial charge is 0.318 e. The van der Waals surface area contributed by atoms with Gasteiger partial charge in [0.25, 0.3) is 0 Å². The van der Waals surface area contributed by atoms with Gasteiger partial charge in [-0.05, 0) is 43.2 Å². The molecule has 1 aromatic rings. The van der Waals surface area contributed by atoms with Crippen LogP contribution >= 0.6 is 0 Å². The summed E-state index contributed by atoms with van der Waals surface area (Å²) in [6, 6.07) is 8.95. The molecule has 1 spiro atoms. The van der Waals surface area contributed by atoms with E-state index < -0.39 is 0 Å². The molecule has 1 aliphatic heterocycles. The van der Waals surface area contributed by atoms with Crippen molar-refractivity contribution in [2.75, 3.05) is 0 Å². The van der Waals surface area contributed by atoms with Crippen molar-refractivity contribution < 1.29 is 4.79 Å². The van der Waals surface area contributed by atoms with E-state index in [1.807, 2.05) is 0 Å². The topological polar surface area (TPSA) is 32.3 Å². The molecule has 3 nitrogen and oxygen atoms in total. The SMILES string of the molecule is CCc1ccc(C2NC3(CC3)C(=O)N2C(C)C(C)C)cc1. The summed E-state index contributed by atoms with van der Waals surface area (Å²) >= 11 is 0. The van der Waals surface area contributed by atoms with Crippen LogP contribution in [0.4, 0.5) is 0 Å². The van der Waals surface area contributed by atoms with Crippen molar-refractivity contribution in [3.05, 3.63) is 35.4 Å². The maximum Gasteiger partial charge on any atom is 0.244 e. The number of benzene rings is 1. The first-order valence-corrected chi connectivity index (χ1v) is 8.18. The summed E-state index contributed by atoms with van der Waals surface area (Å²) in [6.07, 6.45) is 3.05. The molecule has 2 aliphatic rings. The van der Waals surface area contributed by atoms with Gasteiger partial charge in [-0.1, -0.05) is 45.0 Å². The highest BCUT2D eigenvalue weighted by Gasteiger charge is 2.60. The molecule has 1 saturated heterocycles. The molecule has 2 fully saturated rings. The first-order chi connectivity index (χ1) is 9.98. The zero-order valence-corrected chi connectivity index (χ0v) is 13.5. The van der Waals surface area contributed by atoms with Crippen molar-refractivity contribution in [1.82, 2.24) is 10.2 Å². The van der Waals surface area contributed by atoms with Crippen LogP contribution in [0.2, 0.25) is 0 Å². The van der Waals surface area contributed by atoms with Crippen LogP contribution in [-0.2, 0) is 11.2 Å². The monoisotopic (exact) mass is 286 g/mol. The Hall–Kier alpha value is -1.35. The van der Waals surface area contributed by atoms with E-state index in [0.29, 0.717) is 11.8 Å². The molecule has 1 aliphatic carbocycles. The van der Waals surface area contributed by atoms with Crippen LogP contribution in [0.5, 0.6) is 0 Å². The molecule has 1 aromatic carbocycles. The van der Waals surface area contributed by atoms with Gasteiger partial charge in [-0.3, -0.25) is 10.1 Å². The number of rotatable bonds is 4. The van der Waals surface area contributed by atoms with E-state index in [1.165, 1.54) is 11.1 Å². The smallest absolute Gasteiger partial charge is 0.244 e. The first-order valence-electron chi connectivity index (χ1n) is 8.18. The number of nitrogens with one attached hydrogen (secondary N) is 1. The lowest BCUT2D eigenvalue weighted by molar-refractivity contribution is -0.133. The molecule has 1 heterocycles. The normalized spacial score (nSPS) is 24.9. The van der Waals surface area contributed by atoms with Crippen LogP contribution in [0.1, 0.15) is 57.8 Å². The minimum atomic E-state index is -0.253. The molecular weight excluding hydrogens is 260 g/mol. The number of carbonyl (C=O) groups excluding carboxylic acids is 1. The van der Waals surface area contributed by atoms with Crippen molar-refractivity contribution in [3.8, 4) is 0 Å². The zero-order valence-electron chi connectivity index (χ0n) is 13.5. The number of hydrogen-bond donors (Lipinski definition) is 1. The van der Waals surface area contributed by atoms with Crippen molar-refractivity contribution >= 4 is 5.91 Å². The summed E-state index contributed by atoms with van der Waals surface area (Å²) in [4.78, 5) is 14.9. The van der Waals surface area contributed by atoms with E-state index in [-0.39, 0.29) is 17.7 Å². The highest BCUT2D eigenvalue weighted by atomic mass is 16.2. The van der Waals surface area contributed by atoms with E-state index in [0.717, 1.165) is 19.3 Å². The molecule has 0 bridgehead atoms. The molecule has 1 saturated carbocycles. The van der Waals surface area contributed by atoms with Crippen molar-refractivity contribution in [1.29, 1.82) is 0 Å². The third-order valence-corrected chi connectivity index (χ3v) is 5.19. The Bertz CT molecular complexity index is 531. The average Bonchev–Trinajstić information content (AvgIpc) is 3.21. The molecule has 0 radical (unpaired) electrons. The van der Waals surface area contributed by atoms with E-state index in [9.17, 15) is 4.79 Å². The maximum atomic E-state index is 12.8. The van der Waals surface area contributed by atoms with Gasteiger partial charge in [0, 0.05) is 6.04 Å². The first kappa shape index (κ1) is 14.6. The van der Waals surface area contributed by atoms with Crippen molar-refractivity contribution in [3.63, 3.8) is 0 Å². The molecule has 2 atom stereocenters. The summed E-state index contributed by atoms with van der Waals surface area (Å²) in [5.74, 6) is 0.760. The van der Waals surface area contributed by atoms with Crippen LogP contribution in [0.3, 0.4) is 0 Å². The Morgan fingerprint density at radius 2 is 1.86 bits per heavy atom. The number of hydrogen-bond acceptors (Lipinski definition) is 2. The highest BCUT2D eigenvalue weighted by Crippen LogP contribution is 2.47. The van der Waals surface area contributed by atoms with Gasteiger partial charge in [0.1, 0.15) is 11.7 Å². The second-order valence-corrected chi connectivity index (χ2v) is 6.92. The Balaban J connectivity index is 1.92. The summed E-state index contributed by atoms with van der Waals surface area (Å²) in [5, 5.41) is 3.61. The molecule has 21 heavy (non-hydrogen) atoms. The van der Waals surface area contributed by atoms with E-state index in [4.69, 9.17) is 0 Å². The Labute approximate surface area is 127 Å². The fraction of sp³-hybridized carbons (Fsp3) is 0.611. The van der Waals surface area contributed by atoms with Crippen LogP contribution < -0.4 is 5.32 Å². The number of carbonyl (C=O) groups is 1. The summed E-state index contributed by atoms with van der Waals surface area (Å²) < 4.78 is 0. The fourth-order valence-electron chi connectivity index (χ4n) is 3.16. The third kappa shape index (κ3) is 2.38. The molecule has 3 rings (SSSR count). The van der Waals surface area contributed by atoms with Gasteiger partial charge in [-0.25, -0.2) is 0 Å². The minimum absolute atomic E-state index is 0.0308. The molecule has 3 heteroatoms. The quantitative estimate of drug-likeness (QED) is 0.921. The fourth-order valence-corrected chi connectivity index (χ4v) is 3.16. The molecule has 114 valence electrons. The lowest BCUT2D eigenvalue weighted by atomic mass is 10.0. The van der Waals surface area contributed by atoms with E-state index in [2.05, 4.69) is 62.2 Å². The zero-order chi connectivity index (χ0) is 15.2. The third-order valence-electron chi connectivity index (χ3n) is 5.19. The second kappa shape index (κ2) is 5.13. The molecule has 0 aromatic heterocycles. The standard InChI is InChI=1S/C18H26N2O/c1-5-14-6-8-15(9-7-14)16-19-18(10-11-18)17(21)20(16)13(4)12(2)3/h6-9,12-13,16,19H,5,10-11H2,1-4H3. The van der Waals surface area contributed by atoms with E-state index >= 15 is 0 Å². The number of nitrogens with zero attached hydrogens (tertiary/aromatic N) is 1. The van der Waals surface area contributed by atoms with Gasteiger partial charge in [0.2, 0.25) is 5.91 Å². The van der Waals surface area contributed by atoms with Crippen molar-refractivity contribution in [2.45, 2.75) is 64.7 Å². The summed E-state index contributed by atoms with van der Waals surface area (Å²) in [6.45, 7) is 8.71. The van der Waals surface area contributed by atoms with Crippen LogP contribution in [0.15, 0.2) is 24.3 Å². The predicted molar refractivity (Wildman–Crippen MR) is 84.8 cm³/mol. The second-order valence-electron chi connectivity index (χ2n) is 6.92. The van der Waals surface area contributed by atoms with Crippen LogP contribution in [-0.4, -0.2) is 22.4 Å². The average molecular weight is 286 g/mol. The predicted octanol–water partition coefficient (Wildman–Crippen LogP) is 3.26. The lowest BCUT2D eigenvalue weighted by Crippen LogP contribution is -2.41.